The smallest absolute Gasteiger partial charge is 0.218 e. The van der Waals surface area contributed by atoms with Crippen LogP contribution in [-0.2, 0) is 0 Å². The molecule has 2 rings (SSSR count). The van der Waals surface area contributed by atoms with E-state index in [1.54, 1.807) is 6.07 Å². The number of halogens is 1. The predicted molar refractivity (Wildman–Crippen MR) is 46.8 cm³/mol. The van der Waals surface area contributed by atoms with Gasteiger partial charge < -0.3 is 5.11 Å². The molecular weight excluding hydrogens is 169 g/mol. The highest BCUT2D eigenvalue weighted by Gasteiger charge is 2.25. The largest absolute Gasteiger partial charge is 0.389 e. The standard InChI is InChI=1S/C10H12FNO/c1-6(13)8-4-5-9(7-2-3-7)12-10(8)11/h4-7,13H,2-3H2,1H3. The molecule has 2 nitrogen and oxygen atoms in total. The molecule has 1 aromatic heterocycles. The van der Waals surface area contributed by atoms with E-state index in [-0.39, 0.29) is 5.56 Å². The lowest BCUT2D eigenvalue weighted by Crippen LogP contribution is -2.00. The molecule has 0 saturated heterocycles. The van der Waals surface area contributed by atoms with Crippen molar-refractivity contribution in [1.82, 2.24) is 4.98 Å². The summed E-state index contributed by atoms with van der Waals surface area (Å²) in [5, 5.41) is 9.17. The third-order valence-electron chi connectivity index (χ3n) is 2.34. The summed E-state index contributed by atoms with van der Waals surface area (Å²) in [5.41, 5.74) is 1.10. The Balaban J connectivity index is 2.31. The maximum Gasteiger partial charge on any atom is 0.218 e. The minimum Gasteiger partial charge on any atom is -0.389 e. The SMILES string of the molecule is CC(O)c1ccc(C2CC2)nc1F. The van der Waals surface area contributed by atoms with Crippen molar-refractivity contribution in [2.45, 2.75) is 31.8 Å². The fraction of sp³-hybridized carbons (Fsp3) is 0.500. The van der Waals surface area contributed by atoms with Gasteiger partial charge in [-0.1, -0.05) is 6.07 Å². The Bertz CT molecular complexity index is 321. The molecule has 1 atom stereocenters. The molecule has 13 heavy (non-hydrogen) atoms. The summed E-state index contributed by atoms with van der Waals surface area (Å²) in [7, 11) is 0. The highest BCUT2D eigenvalue weighted by Crippen LogP contribution is 2.39. The number of pyridine rings is 1. The number of hydrogen-bond acceptors (Lipinski definition) is 2. The first-order chi connectivity index (χ1) is 6.18. The van der Waals surface area contributed by atoms with Crippen molar-refractivity contribution in [2.75, 3.05) is 0 Å². The zero-order valence-corrected chi connectivity index (χ0v) is 7.50. The Hall–Kier alpha value is -0.960. The minimum atomic E-state index is -0.777. The first-order valence-corrected chi connectivity index (χ1v) is 4.53. The second-order valence-corrected chi connectivity index (χ2v) is 3.57. The van der Waals surface area contributed by atoms with Gasteiger partial charge in [-0.25, -0.2) is 4.98 Å². The quantitative estimate of drug-likeness (QED) is 0.709. The van der Waals surface area contributed by atoms with E-state index in [2.05, 4.69) is 4.98 Å². The molecule has 0 aromatic carbocycles. The molecule has 1 aliphatic rings. The molecule has 1 N–H and O–H groups in total. The molecule has 0 bridgehead atoms. The molecular formula is C10H12FNO. The number of aliphatic hydroxyl groups is 1. The topological polar surface area (TPSA) is 33.1 Å². The van der Waals surface area contributed by atoms with Gasteiger partial charge in [0.2, 0.25) is 5.95 Å². The van der Waals surface area contributed by atoms with Gasteiger partial charge in [0.1, 0.15) is 0 Å². The van der Waals surface area contributed by atoms with E-state index in [1.165, 1.54) is 6.92 Å². The van der Waals surface area contributed by atoms with Crippen LogP contribution in [0.25, 0.3) is 0 Å². The van der Waals surface area contributed by atoms with Crippen molar-refractivity contribution in [1.29, 1.82) is 0 Å². The van der Waals surface area contributed by atoms with Gasteiger partial charge in [0.05, 0.1) is 6.10 Å². The minimum absolute atomic E-state index is 0.282. The van der Waals surface area contributed by atoms with E-state index >= 15 is 0 Å². The zero-order valence-electron chi connectivity index (χ0n) is 7.50. The Morgan fingerprint density at radius 3 is 2.69 bits per heavy atom. The highest BCUT2D eigenvalue weighted by molar-refractivity contribution is 5.22. The molecule has 1 heterocycles. The molecule has 1 aliphatic carbocycles. The highest BCUT2D eigenvalue weighted by atomic mass is 19.1. The Kier molecular flexibility index (Phi) is 2.04. The van der Waals surface area contributed by atoms with Gasteiger partial charge in [-0.3, -0.25) is 0 Å². The van der Waals surface area contributed by atoms with Gasteiger partial charge in [-0.2, -0.15) is 4.39 Å². The summed E-state index contributed by atoms with van der Waals surface area (Å²) in [6.45, 7) is 1.54. The molecule has 0 spiro atoms. The number of rotatable bonds is 2. The van der Waals surface area contributed by atoms with Crippen LogP contribution in [-0.4, -0.2) is 10.1 Å². The Morgan fingerprint density at radius 1 is 1.54 bits per heavy atom. The molecule has 3 heteroatoms. The average Bonchev–Trinajstić information content (AvgIpc) is 2.85. The number of aromatic nitrogens is 1. The maximum atomic E-state index is 13.2. The first kappa shape index (κ1) is 8.63. The maximum absolute atomic E-state index is 13.2. The molecule has 1 saturated carbocycles. The number of hydrogen-bond donors (Lipinski definition) is 1. The van der Waals surface area contributed by atoms with Crippen molar-refractivity contribution in [2.24, 2.45) is 0 Å². The zero-order chi connectivity index (χ0) is 9.42. The van der Waals surface area contributed by atoms with Crippen molar-refractivity contribution in [3.8, 4) is 0 Å². The van der Waals surface area contributed by atoms with E-state index in [1.807, 2.05) is 6.07 Å². The number of nitrogens with zero attached hydrogens (tertiary/aromatic N) is 1. The Labute approximate surface area is 76.4 Å². The van der Waals surface area contributed by atoms with Crippen molar-refractivity contribution in [3.05, 3.63) is 29.3 Å². The average molecular weight is 181 g/mol. The molecule has 1 unspecified atom stereocenters. The molecule has 70 valence electrons. The first-order valence-electron chi connectivity index (χ1n) is 4.53. The molecule has 0 aliphatic heterocycles. The van der Waals surface area contributed by atoms with Gasteiger partial charge in [0, 0.05) is 17.2 Å². The molecule has 1 fully saturated rings. The summed E-state index contributed by atoms with van der Waals surface area (Å²) in [4.78, 5) is 3.83. The van der Waals surface area contributed by atoms with E-state index < -0.39 is 12.1 Å². The molecule has 0 amide bonds. The van der Waals surface area contributed by atoms with Gasteiger partial charge >= 0.3 is 0 Å². The monoisotopic (exact) mass is 181 g/mol. The van der Waals surface area contributed by atoms with E-state index in [0.717, 1.165) is 18.5 Å². The summed E-state index contributed by atoms with van der Waals surface area (Å²) in [6.07, 6.45) is 1.45. The third kappa shape index (κ3) is 1.70. The number of aliphatic hydroxyl groups excluding tert-OH is 1. The van der Waals surface area contributed by atoms with E-state index in [0.29, 0.717) is 5.92 Å². The van der Waals surface area contributed by atoms with Crippen LogP contribution in [0.2, 0.25) is 0 Å². The van der Waals surface area contributed by atoms with Crippen LogP contribution >= 0.6 is 0 Å². The van der Waals surface area contributed by atoms with Gasteiger partial charge in [0.25, 0.3) is 0 Å². The second-order valence-electron chi connectivity index (χ2n) is 3.57. The lowest BCUT2D eigenvalue weighted by Gasteiger charge is -2.06. The summed E-state index contributed by atoms with van der Waals surface area (Å²) in [5.74, 6) is -0.0723. The Morgan fingerprint density at radius 2 is 2.23 bits per heavy atom. The van der Waals surface area contributed by atoms with Crippen molar-refractivity contribution >= 4 is 0 Å². The second kappa shape index (κ2) is 3.07. The lowest BCUT2D eigenvalue weighted by molar-refractivity contribution is 0.192. The van der Waals surface area contributed by atoms with Crippen LogP contribution in [0.3, 0.4) is 0 Å². The normalized spacial score (nSPS) is 18.7. The summed E-state index contributed by atoms with van der Waals surface area (Å²) < 4.78 is 13.2. The van der Waals surface area contributed by atoms with Crippen molar-refractivity contribution in [3.63, 3.8) is 0 Å². The van der Waals surface area contributed by atoms with E-state index in [9.17, 15) is 4.39 Å². The third-order valence-corrected chi connectivity index (χ3v) is 2.34. The van der Waals surface area contributed by atoms with Gasteiger partial charge in [0.15, 0.2) is 0 Å². The van der Waals surface area contributed by atoms with Gasteiger partial charge in [-0.05, 0) is 25.8 Å². The van der Waals surface area contributed by atoms with Crippen LogP contribution < -0.4 is 0 Å². The summed E-state index contributed by atoms with van der Waals surface area (Å²) in [6, 6.07) is 3.43. The summed E-state index contributed by atoms with van der Waals surface area (Å²) >= 11 is 0. The lowest BCUT2D eigenvalue weighted by atomic mass is 10.1. The van der Waals surface area contributed by atoms with Crippen LogP contribution in [0.15, 0.2) is 12.1 Å². The fourth-order valence-electron chi connectivity index (χ4n) is 1.38. The molecule has 1 aromatic rings. The van der Waals surface area contributed by atoms with Crippen LogP contribution in [0.4, 0.5) is 4.39 Å². The van der Waals surface area contributed by atoms with Crippen LogP contribution in [0.1, 0.15) is 43.0 Å². The van der Waals surface area contributed by atoms with Crippen LogP contribution in [0, 0.1) is 5.95 Å². The molecule has 0 radical (unpaired) electrons. The van der Waals surface area contributed by atoms with Crippen molar-refractivity contribution < 1.29 is 9.50 Å². The van der Waals surface area contributed by atoms with Gasteiger partial charge in [-0.15, -0.1) is 0 Å². The van der Waals surface area contributed by atoms with Crippen LogP contribution in [0.5, 0.6) is 0 Å². The van der Waals surface area contributed by atoms with E-state index in [4.69, 9.17) is 5.11 Å². The predicted octanol–water partition coefficient (Wildman–Crippen LogP) is 2.15. The fourth-order valence-corrected chi connectivity index (χ4v) is 1.38.